The molecule has 0 fully saturated rings. The average molecular weight is 416 g/mol. The lowest BCUT2D eigenvalue weighted by molar-refractivity contribution is -0.115. The number of amides is 1. The normalized spacial score (nSPS) is 10.9. The summed E-state index contributed by atoms with van der Waals surface area (Å²) < 4.78 is 1.16. The van der Waals surface area contributed by atoms with Crippen molar-refractivity contribution in [1.29, 1.82) is 0 Å². The zero-order chi connectivity index (χ0) is 20.1. The molecule has 4 aromatic rings. The first-order valence-corrected chi connectivity index (χ1v) is 10.2. The van der Waals surface area contributed by atoms with Crippen LogP contribution in [0.4, 0.5) is 5.69 Å². The molecule has 1 amide bonds. The molecule has 1 aromatic heterocycles. The highest BCUT2D eigenvalue weighted by molar-refractivity contribution is 7.80. The van der Waals surface area contributed by atoms with Crippen molar-refractivity contribution in [1.82, 2.24) is 10.3 Å². The Morgan fingerprint density at radius 2 is 1.66 bits per heavy atom. The van der Waals surface area contributed by atoms with Crippen LogP contribution in [0, 0.1) is 0 Å². The monoisotopic (exact) mass is 415 g/mol. The number of carbonyl (C=O) groups excluding carboxylic acids is 1. The van der Waals surface area contributed by atoms with Crippen LogP contribution in [0.5, 0.6) is 0 Å². The zero-order valence-corrected chi connectivity index (χ0v) is 17.0. The second-order valence-corrected chi connectivity index (χ2v) is 7.69. The van der Waals surface area contributed by atoms with Gasteiger partial charge in [-0.1, -0.05) is 42.5 Å². The van der Waals surface area contributed by atoms with E-state index in [4.69, 9.17) is 12.2 Å². The third kappa shape index (κ3) is 4.93. The van der Waals surface area contributed by atoms with Crippen molar-refractivity contribution >= 4 is 56.6 Å². The smallest absolute Gasteiger partial charge is 0.250 e. The Balaban J connectivity index is 1.36. The number of para-hydroxylation sites is 1. The number of fused-ring (bicyclic) bond motifs is 1. The van der Waals surface area contributed by atoms with Crippen molar-refractivity contribution in [3.8, 4) is 10.6 Å². The first-order valence-electron chi connectivity index (χ1n) is 8.98. The average Bonchev–Trinajstić information content (AvgIpc) is 3.18. The van der Waals surface area contributed by atoms with Crippen LogP contribution >= 0.6 is 23.6 Å². The molecule has 1 heterocycles. The summed E-state index contributed by atoms with van der Waals surface area (Å²) in [5.74, 6) is -0.280. The van der Waals surface area contributed by atoms with Gasteiger partial charge in [0.1, 0.15) is 5.01 Å². The van der Waals surface area contributed by atoms with Gasteiger partial charge < -0.3 is 5.32 Å². The number of nitrogens with zero attached hydrogens (tertiary/aromatic N) is 1. The van der Waals surface area contributed by atoms with E-state index >= 15 is 0 Å². The van der Waals surface area contributed by atoms with E-state index in [0.717, 1.165) is 32.0 Å². The Hall–Kier alpha value is -3.35. The van der Waals surface area contributed by atoms with E-state index in [1.807, 2.05) is 72.8 Å². The largest absolute Gasteiger partial charge is 0.332 e. The van der Waals surface area contributed by atoms with Gasteiger partial charge in [0.05, 0.1) is 10.2 Å². The van der Waals surface area contributed by atoms with Gasteiger partial charge in [-0.3, -0.25) is 10.1 Å². The molecular weight excluding hydrogens is 398 g/mol. The van der Waals surface area contributed by atoms with E-state index in [0.29, 0.717) is 0 Å². The van der Waals surface area contributed by atoms with Crippen LogP contribution in [0.1, 0.15) is 5.56 Å². The quantitative estimate of drug-likeness (QED) is 0.342. The van der Waals surface area contributed by atoms with Crippen LogP contribution in [0.25, 0.3) is 26.9 Å². The molecule has 142 valence electrons. The molecule has 0 saturated carbocycles. The first kappa shape index (κ1) is 19.0. The number of thiazole rings is 1. The molecule has 3 aromatic carbocycles. The number of aromatic nitrogens is 1. The van der Waals surface area contributed by atoms with E-state index in [1.165, 1.54) is 6.08 Å². The van der Waals surface area contributed by atoms with Crippen molar-refractivity contribution in [2.75, 3.05) is 5.32 Å². The highest BCUT2D eigenvalue weighted by Crippen LogP contribution is 2.30. The minimum Gasteiger partial charge on any atom is -0.332 e. The maximum Gasteiger partial charge on any atom is 0.250 e. The zero-order valence-electron chi connectivity index (χ0n) is 15.3. The van der Waals surface area contributed by atoms with Gasteiger partial charge in [-0.15, -0.1) is 11.3 Å². The third-order valence-electron chi connectivity index (χ3n) is 4.15. The molecule has 29 heavy (non-hydrogen) atoms. The fourth-order valence-corrected chi connectivity index (χ4v) is 3.93. The lowest BCUT2D eigenvalue weighted by atomic mass is 10.2. The van der Waals surface area contributed by atoms with Crippen LogP contribution in [-0.4, -0.2) is 16.0 Å². The molecule has 4 nitrogen and oxygen atoms in total. The highest BCUT2D eigenvalue weighted by Gasteiger charge is 2.07. The first-order chi connectivity index (χ1) is 14.2. The predicted octanol–water partition coefficient (Wildman–Crippen LogP) is 5.49. The number of carbonyl (C=O) groups is 1. The third-order valence-corrected chi connectivity index (χ3v) is 5.44. The molecule has 0 radical (unpaired) electrons. The predicted molar refractivity (Wildman–Crippen MR) is 125 cm³/mol. The Morgan fingerprint density at radius 1 is 0.931 bits per heavy atom. The van der Waals surface area contributed by atoms with Gasteiger partial charge in [0.15, 0.2) is 5.11 Å². The van der Waals surface area contributed by atoms with Gasteiger partial charge in [0.2, 0.25) is 5.91 Å². The summed E-state index contributed by atoms with van der Waals surface area (Å²) in [6, 6.07) is 25.5. The van der Waals surface area contributed by atoms with Crippen LogP contribution in [-0.2, 0) is 4.79 Å². The minimum atomic E-state index is -0.280. The number of rotatable bonds is 4. The Kier molecular flexibility index (Phi) is 5.74. The van der Waals surface area contributed by atoms with E-state index in [1.54, 1.807) is 17.4 Å². The second-order valence-electron chi connectivity index (χ2n) is 6.25. The topological polar surface area (TPSA) is 54.0 Å². The fraction of sp³-hybridized carbons (Fsp3) is 0. The Labute approximate surface area is 177 Å². The number of hydrogen-bond acceptors (Lipinski definition) is 4. The summed E-state index contributed by atoms with van der Waals surface area (Å²) in [6.45, 7) is 0. The number of thiocarbonyl (C=S) groups is 1. The van der Waals surface area contributed by atoms with E-state index in [2.05, 4.69) is 21.7 Å². The molecule has 0 bridgehead atoms. The molecule has 0 atom stereocenters. The SMILES string of the molecule is O=C(C=Cc1ccccc1)NC(=S)Nc1ccc(-c2nc3ccccc3s2)cc1. The Morgan fingerprint density at radius 3 is 2.41 bits per heavy atom. The van der Waals surface area contributed by atoms with Gasteiger partial charge in [0.25, 0.3) is 0 Å². The molecule has 0 aliphatic rings. The molecular formula is C23H17N3OS2. The van der Waals surface area contributed by atoms with Gasteiger partial charge >= 0.3 is 0 Å². The maximum atomic E-state index is 12.0. The molecule has 0 saturated heterocycles. The van der Waals surface area contributed by atoms with Gasteiger partial charge in [-0.05, 0) is 60.3 Å². The van der Waals surface area contributed by atoms with Crippen LogP contribution in [0.3, 0.4) is 0 Å². The molecule has 0 aliphatic carbocycles. The van der Waals surface area contributed by atoms with E-state index in [9.17, 15) is 4.79 Å². The lowest BCUT2D eigenvalue weighted by Gasteiger charge is -2.08. The fourth-order valence-electron chi connectivity index (χ4n) is 2.74. The lowest BCUT2D eigenvalue weighted by Crippen LogP contribution is -2.32. The Bertz CT molecular complexity index is 1150. The van der Waals surface area contributed by atoms with E-state index in [-0.39, 0.29) is 11.0 Å². The summed E-state index contributed by atoms with van der Waals surface area (Å²) in [6.07, 6.45) is 3.20. The van der Waals surface area contributed by atoms with Crippen LogP contribution < -0.4 is 10.6 Å². The summed E-state index contributed by atoms with van der Waals surface area (Å²) in [4.78, 5) is 16.7. The van der Waals surface area contributed by atoms with Crippen molar-refractivity contribution < 1.29 is 4.79 Å². The molecule has 0 aliphatic heterocycles. The summed E-state index contributed by atoms with van der Waals surface area (Å²) >= 11 is 6.89. The molecule has 6 heteroatoms. The van der Waals surface area contributed by atoms with Crippen molar-refractivity contribution in [3.05, 3.63) is 90.5 Å². The maximum absolute atomic E-state index is 12.0. The van der Waals surface area contributed by atoms with Crippen LogP contribution in [0.2, 0.25) is 0 Å². The standard InChI is InChI=1S/C23H17N3OS2/c27-21(15-10-16-6-2-1-3-7-16)26-23(28)24-18-13-11-17(12-14-18)22-25-19-8-4-5-9-20(19)29-22/h1-15H,(H2,24,26,27,28). The summed E-state index contributed by atoms with van der Waals surface area (Å²) in [5, 5.41) is 6.89. The van der Waals surface area contributed by atoms with Crippen LogP contribution in [0.15, 0.2) is 84.9 Å². The summed E-state index contributed by atoms with van der Waals surface area (Å²) in [5.41, 5.74) is 3.79. The van der Waals surface area contributed by atoms with E-state index < -0.39 is 0 Å². The van der Waals surface area contributed by atoms with Gasteiger partial charge in [-0.2, -0.15) is 0 Å². The molecule has 0 unspecified atom stereocenters. The number of nitrogens with one attached hydrogen (secondary N) is 2. The van der Waals surface area contributed by atoms with Crippen molar-refractivity contribution in [2.24, 2.45) is 0 Å². The summed E-state index contributed by atoms with van der Waals surface area (Å²) in [7, 11) is 0. The highest BCUT2D eigenvalue weighted by atomic mass is 32.1. The van der Waals surface area contributed by atoms with Gasteiger partial charge in [-0.25, -0.2) is 4.98 Å². The number of anilines is 1. The number of benzene rings is 3. The molecule has 4 rings (SSSR count). The van der Waals surface area contributed by atoms with Gasteiger partial charge in [0, 0.05) is 17.3 Å². The van der Waals surface area contributed by atoms with Crippen molar-refractivity contribution in [3.63, 3.8) is 0 Å². The van der Waals surface area contributed by atoms with Crippen molar-refractivity contribution in [2.45, 2.75) is 0 Å². The second kappa shape index (κ2) is 8.77. The minimum absolute atomic E-state index is 0.250. The molecule has 0 spiro atoms. The number of hydrogen-bond donors (Lipinski definition) is 2. The molecule has 2 N–H and O–H groups in total.